The van der Waals surface area contributed by atoms with Gasteiger partial charge in [-0.2, -0.15) is 0 Å². The summed E-state index contributed by atoms with van der Waals surface area (Å²) in [7, 11) is 0. The molecule has 0 unspecified atom stereocenters. The Kier molecular flexibility index (Phi) is 4.69. The van der Waals surface area contributed by atoms with E-state index in [0.29, 0.717) is 27.3 Å². The lowest BCUT2D eigenvalue weighted by Crippen LogP contribution is -2.14. The molecule has 0 aliphatic heterocycles. The Morgan fingerprint density at radius 1 is 1.00 bits per heavy atom. The lowest BCUT2D eigenvalue weighted by Gasteiger charge is -2.06. The number of nitrogens with zero attached hydrogens (tertiary/aromatic N) is 4. The second-order valence-corrected chi connectivity index (χ2v) is 5.70. The van der Waals surface area contributed by atoms with Crippen LogP contribution in [0.1, 0.15) is 16.3 Å². The van der Waals surface area contributed by atoms with E-state index < -0.39 is 0 Å². The molecule has 0 fully saturated rings. The van der Waals surface area contributed by atoms with E-state index in [9.17, 15) is 4.79 Å². The molecule has 1 N–H and O–H groups in total. The number of nitrogens with one attached hydrogen (secondary N) is 1. The van der Waals surface area contributed by atoms with Crippen molar-refractivity contribution < 1.29 is 4.79 Å². The Hall–Kier alpha value is -2.57. The third-order valence-electron chi connectivity index (χ3n) is 3.15. The van der Waals surface area contributed by atoms with Crippen molar-refractivity contribution in [1.29, 1.82) is 0 Å². The summed E-state index contributed by atoms with van der Waals surface area (Å²) in [4.78, 5) is 28.5. The molecule has 1 amide bonds. The zero-order valence-corrected chi connectivity index (χ0v) is 14.0. The standard InChI is InChI=1S/C16H11Cl2N5O/c1-9-19-6-11(7-20-9)23-16(24)15-5-14(21-8-22-15)10-2-3-12(17)13(18)4-10/h2-8H,1H3,(H,23,24). The van der Waals surface area contributed by atoms with Gasteiger partial charge in [0.2, 0.25) is 0 Å². The largest absolute Gasteiger partial charge is 0.318 e. The van der Waals surface area contributed by atoms with Crippen molar-refractivity contribution in [1.82, 2.24) is 19.9 Å². The van der Waals surface area contributed by atoms with Gasteiger partial charge in [-0.25, -0.2) is 19.9 Å². The van der Waals surface area contributed by atoms with E-state index >= 15 is 0 Å². The van der Waals surface area contributed by atoms with Crippen LogP contribution < -0.4 is 5.32 Å². The van der Waals surface area contributed by atoms with Crippen molar-refractivity contribution in [2.24, 2.45) is 0 Å². The predicted molar refractivity (Wildman–Crippen MR) is 92.2 cm³/mol. The molecule has 0 saturated heterocycles. The molecule has 2 aromatic heterocycles. The van der Waals surface area contributed by atoms with Crippen molar-refractivity contribution in [3.8, 4) is 11.3 Å². The molecule has 3 rings (SSSR count). The van der Waals surface area contributed by atoms with Gasteiger partial charge in [0.25, 0.3) is 5.91 Å². The zero-order valence-electron chi connectivity index (χ0n) is 12.5. The van der Waals surface area contributed by atoms with Gasteiger partial charge in [-0.05, 0) is 25.1 Å². The monoisotopic (exact) mass is 359 g/mol. The van der Waals surface area contributed by atoms with Crippen molar-refractivity contribution in [3.05, 3.63) is 64.6 Å². The summed E-state index contributed by atoms with van der Waals surface area (Å²) in [5.74, 6) is 0.239. The second-order valence-electron chi connectivity index (χ2n) is 4.89. The molecular weight excluding hydrogens is 349 g/mol. The molecule has 0 saturated carbocycles. The molecule has 0 aliphatic carbocycles. The number of carbonyl (C=O) groups is 1. The molecule has 3 aromatic rings. The summed E-state index contributed by atoms with van der Waals surface area (Å²) >= 11 is 11.9. The Bertz CT molecular complexity index is 899. The Labute approximate surface area is 147 Å². The van der Waals surface area contributed by atoms with Crippen LogP contribution in [-0.4, -0.2) is 25.8 Å². The van der Waals surface area contributed by atoms with E-state index in [4.69, 9.17) is 23.2 Å². The first kappa shape index (κ1) is 16.3. The summed E-state index contributed by atoms with van der Waals surface area (Å²) in [6, 6.07) is 6.70. The number of amides is 1. The van der Waals surface area contributed by atoms with Crippen molar-refractivity contribution in [3.63, 3.8) is 0 Å². The fraction of sp³-hybridized carbons (Fsp3) is 0.0625. The molecule has 8 heteroatoms. The van der Waals surface area contributed by atoms with Crippen molar-refractivity contribution >= 4 is 34.8 Å². The van der Waals surface area contributed by atoms with E-state index in [1.165, 1.54) is 18.7 Å². The highest BCUT2D eigenvalue weighted by Crippen LogP contribution is 2.27. The van der Waals surface area contributed by atoms with E-state index in [0.717, 1.165) is 5.56 Å². The molecule has 6 nitrogen and oxygen atoms in total. The van der Waals surface area contributed by atoms with Crippen molar-refractivity contribution in [2.45, 2.75) is 6.92 Å². The predicted octanol–water partition coefficient (Wildman–Crippen LogP) is 3.80. The van der Waals surface area contributed by atoms with E-state index in [2.05, 4.69) is 25.3 Å². The van der Waals surface area contributed by atoms with Gasteiger partial charge in [0.15, 0.2) is 0 Å². The van der Waals surface area contributed by atoms with Crippen molar-refractivity contribution in [2.75, 3.05) is 5.32 Å². The van der Waals surface area contributed by atoms with Crippen LogP contribution >= 0.6 is 23.2 Å². The molecule has 0 aliphatic rings. The first-order valence-electron chi connectivity index (χ1n) is 6.90. The number of benzene rings is 1. The number of rotatable bonds is 3. The van der Waals surface area contributed by atoms with E-state index in [1.807, 2.05) is 0 Å². The number of aryl methyl sites for hydroxylation is 1. The third kappa shape index (κ3) is 3.67. The van der Waals surface area contributed by atoms with Crippen LogP contribution in [0, 0.1) is 6.92 Å². The fourth-order valence-corrected chi connectivity index (χ4v) is 2.25. The van der Waals surface area contributed by atoms with Crippen LogP contribution in [0.25, 0.3) is 11.3 Å². The average molecular weight is 360 g/mol. The van der Waals surface area contributed by atoms with Gasteiger partial charge in [0, 0.05) is 5.56 Å². The van der Waals surface area contributed by atoms with Gasteiger partial charge in [-0.1, -0.05) is 29.3 Å². The highest BCUT2D eigenvalue weighted by molar-refractivity contribution is 6.42. The van der Waals surface area contributed by atoms with Gasteiger partial charge >= 0.3 is 0 Å². The minimum Gasteiger partial charge on any atom is -0.318 e. The SMILES string of the molecule is Cc1ncc(NC(=O)c2cc(-c3ccc(Cl)c(Cl)c3)ncn2)cn1. The number of carbonyl (C=O) groups excluding carboxylic acids is 1. The van der Waals surface area contributed by atoms with Gasteiger partial charge in [0.1, 0.15) is 17.8 Å². The quantitative estimate of drug-likeness (QED) is 0.768. The molecule has 0 atom stereocenters. The maximum atomic E-state index is 12.3. The molecule has 0 bridgehead atoms. The smallest absolute Gasteiger partial charge is 0.274 e. The average Bonchev–Trinajstić information content (AvgIpc) is 2.59. The summed E-state index contributed by atoms with van der Waals surface area (Å²) < 4.78 is 0. The van der Waals surface area contributed by atoms with Gasteiger partial charge in [-0.3, -0.25) is 4.79 Å². The van der Waals surface area contributed by atoms with Gasteiger partial charge < -0.3 is 5.32 Å². The highest BCUT2D eigenvalue weighted by atomic mass is 35.5. The van der Waals surface area contributed by atoms with Gasteiger partial charge in [0.05, 0.1) is 33.8 Å². The Balaban J connectivity index is 1.85. The van der Waals surface area contributed by atoms with Crippen LogP contribution in [0.4, 0.5) is 5.69 Å². The van der Waals surface area contributed by atoms with Gasteiger partial charge in [-0.15, -0.1) is 0 Å². The fourth-order valence-electron chi connectivity index (χ4n) is 1.95. The lowest BCUT2D eigenvalue weighted by atomic mass is 10.1. The number of anilines is 1. The summed E-state index contributed by atoms with van der Waals surface area (Å²) in [5, 5.41) is 3.55. The lowest BCUT2D eigenvalue weighted by molar-refractivity contribution is 0.102. The summed E-state index contributed by atoms with van der Waals surface area (Å²) in [6.07, 6.45) is 4.38. The van der Waals surface area contributed by atoms with Crippen LogP contribution in [0.2, 0.25) is 10.0 Å². The normalized spacial score (nSPS) is 10.5. The first-order chi connectivity index (χ1) is 11.5. The first-order valence-corrected chi connectivity index (χ1v) is 7.66. The molecule has 24 heavy (non-hydrogen) atoms. The van der Waals surface area contributed by atoms with Crippen LogP contribution in [0.5, 0.6) is 0 Å². The molecule has 2 heterocycles. The summed E-state index contributed by atoms with van der Waals surface area (Å²) in [6.45, 7) is 1.76. The molecule has 0 spiro atoms. The number of halogens is 2. The van der Waals surface area contributed by atoms with E-state index in [1.54, 1.807) is 31.2 Å². The summed E-state index contributed by atoms with van der Waals surface area (Å²) in [5.41, 5.74) is 2.00. The number of hydrogen-bond donors (Lipinski definition) is 1. The van der Waals surface area contributed by atoms with Crippen LogP contribution in [0.3, 0.4) is 0 Å². The minimum absolute atomic E-state index is 0.214. The minimum atomic E-state index is -0.383. The zero-order chi connectivity index (χ0) is 17.1. The topological polar surface area (TPSA) is 80.7 Å². The van der Waals surface area contributed by atoms with Crippen LogP contribution in [0.15, 0.2) is 43.0 Å². The van der Waals surface area contributed by atoms with Crippen LogP contribution in [-0.2, 0) is 0 Å². The Morgan fingerprint density at radius 3 is 2.46 bits per heavy atom. The maximum absolute atomic E-state index is 12.3. The number of hydrogen-bond acceptors (Lipinski definition) is 5. The maximum Gasteiger partial charge on any atom is 0.274 e. The highest BCUT2D eigenvalue weighted by Gasteiger charge is 2.11. The van der Waals surface area contributed by atoms with E-state index in [-0.39, 0.29) is 11.6 Å². The third-order valence-corrected chi connectivity index (χ3v) is 3.89. The molecule has 0 radical (unpaired) electrons. The molecule has 1 aromatic carbocycles. The number of aromatic nitrogens is 4. The molecule has 120 valence electrons. The molecular formula is C16H11Cl2N5O. The second kappa shape index (κ2) is 6.90. The Morgan fingerprint density at radius 2 is 1.75 bits per heavy atom.